The standard InChI is InChI=1S/C22H25ClN2O/c23-20-11-9-18(10-12-20)17-5-7-19(8-6-17)22(26)25-15-3-4-21(25)16-24-13-1-2-14-24/h5-12,21H,1-4,13-16H2/t21-/m0/s1. The first-order valence-electron chi connectivity index (χ1n) is 9.60. The molecule has 26 heavy (non-hydrogen) atoms. The third-order valence-electron chi connectivity index (χ3n) is 5.62. The summed E-state index contributed by atoms with van der Waals surface area (Å²) < 4.78 is 0. The number of hydrogen-bond acceptors (Lipinski definition) is 2. The van der Waals surface area contributed by atoms with Crippen molar-refractivity contribution in [2.24, 2.45) is 0 Å². The predicted molar refractivity (Wildman–Crippen MR) is 107 cm³/mol. The van der Waals surface area contributed by atoms with Gasteiger partial charge in [-0.2, -0.15) is 0 Å². The Labute approximate surface area is 160 Å². The first-order chi connectivity index (χ1) is 12.7. The Morgan fingerprint density at radius 3 is 2.15 bits per heavy atom. The van der Waals surface area contributed by atoms with Crippen molar-refractivity contribution >= 4 is 17.5 Å². The number of benzene rings is 2. The Hall–Kier alpha value is -1.84. The molecule has 2 aromatic rings. The lowest BCUT2D eigenvalue weighted by Crippen LogP contribution is -2.42. The van der Waals surface area contributed by atoms with Crippen LogP contribution in [-0.2, 0) is 0 Å². The van der Waals surface area contributed by atoms with Crippen LogP contribution in [0.2, 0.25) is 5.02 Å². The summed E-state index contributed by atoms with van der Waals surface area (Å²) in [6.07, 6.45) is 4.85. The van der Waals surface area contributed by atoms with E-state index in [2.05, 4.69) is 9.80 Å². The molecule has 0 unspecified atom stereocenters. The molecule has 2 heterocycles. The molecule has 2 aromatic carbocycles. The zero-order valence-corrected chi connectivity index (χ0v) is 15.8. The number of hydrogen-bond donors (Lipinski definition) is 0. The smallest absolute Gasteiger partial charge is 0.254 e. The van der Waals surface area contributed by atoms with E-state index >= 15 is 0 Å². The average molecular weight is 369 g/mol. The molecule has 0 aromatic heterocycles. The van der Waals surface area contributed by atoms with Gasteiger partial charge in [-0.05, 0) is 74.2 Å². The van der Waals surface area contributed by atoms with Crippen molar-refractivity contribution in [3.8, 4) is 11.1 Å². The van der Waals surface area contributed by atoms with Crippen molar-refractivity contribution in [1.29, 1.82) is 0 Å². The molecule has 136 valence electrons. The number of nitrogens with zero attached hydrogens (tertiary/aromatic N) is 2. The van der Waals surface area contributed by atoms with Crippen LogP contribution in [0.1, 0.15) is 36.0 Å². The zero-order chi connectivity index (χ0) is 17.9. The van der Waals surface area contributed by atoms with Gasteiger partial charge in [-0.15, -0.1) is 0 Å². The number of halogens is 1. The molecular formula is C22H25ClN2O. The minimum Gasteiger partial charge on any atom is -0.334 e. The largest absolute Gasteiger partial charge is 0.334 e. The van der Waals surface area contributed by atoms with Crippen LogP contribution in [0, 0.1) is 0 Å². The summed E-state index contributed by atoms with van der Waals surface area (Å²) >= 11 is 5.96. The molecule has 0 radical (unpaired) electrons. The van der Waals surface area contributed by atoms with Gasteiger partial charge in [0, 0.05) is 29.7 Å². The molecule has 2 aliphatic heterocycles. The first-order valence-corrected chi connectivity index (χ1v) is 9.98. The van der Waals surface area contributed by atoms with Gasteiger partial charge in [0.15, 0.2) is 0 Å². The van der Waals surface area contributed by atoms with Crippen LogP contribution in [0.25, 0.3) is 11.1 Å². The van der Waals surface area contributed by atoms with Crippen molar-refractivity contribution in [2.45, 2.75) is 31.7 Å². The quantitative estimate of drug-likeness (QED) is 0.780. The van der Waals surface area contributed by atoms with E-state index in [4.69, 9.17) is 11.6 Å². The maximum Gasteiger partial charge on any atom is 0.254 e. The number of rotatable bonds is 4. The van der Waals surface area contributed by atoms with Gasteiger partial charge in [0.25, 0.3) is 5.91 Å². The SMILES string of the molecule is O=C(c1ccc(-c2ccc(Cl)cc2)cc1)N1CCC[C@H]1CN1CCCC1. The van der Waals surface area contributed by atoms with Crippen molar-refractivity contribution < 1.29 is 4.79 Å². The molecule has 2 aliphatic rings. The second-order valence-corrected chi connectivity index (χ2v) is 7.82. The summed E-state index contributed by atoms with van der Waals surface area (Å²) in [5.74, 6) is 0.175. The zero-order valence-electron chi connectivity index (χ0n) is 15.0. The van der Waals surface area contributed by atoms with E-state index in [0.29, 0.717) is 6.04 Å². The highest BCUT2D eigenvalue weighted by Crippen LogP contribution is 2.25. The summed E-state index contributed by atoms with van der Waals surface area (Å²) in [4.78, 5) is 17.6. The van der Waals surface area contributed by atoms with E-state index in [1.165, 1.54) is 25.9 Å². The lowest BCUT2D eigenvalue weighted by atomic mass is 10.0. The molecule has 0 spiro atoms. The van der Waals surface area contributed by atoms with Gasteiger partial charge in [-0.3, -0.25) is 4.79 Å². The second kappa shape index (κ2) is 7.81. The van der Waals surface area contributed by atoms with Crippen molar-refractivity contribution in [2.75, 3.05) is 26.2 Å². The molecule has 3 nitrogen and oxygen atoms in total. The minimum atomic E-state index is 0.175. The number of likely N-dealkylation sites (tertiary alicyclic amines) is 2. The van der Waals surface area contributed by atoms with Crippen molar-refractivity contribution in [3.63, 3.8) is 0 Å². The molecule has 4 heteroatoms. The van der Waals surface area contributed by atoms with Crippen LogP contribution in [0.4, 0.5) is 0 Å². The third kappa shape index (κ3) is 3.79. The summed E-state index contributed by atoms with van der Waals surface area (Å²) in [5.41, 5.74) is 3.01. The fourth-order valence-electron chi connectivity index (χ4n) is 4.17. The summed E-state index contributed by atoms with van der Waals surface area (Å²) in [6.45, 7) is 4.30. The summed E-state index contributed by atoms with van der Waals surface area (Å²) in [5, 5.41) is 0.735. The monoisotopic (exact) mass is 368 g/mol. The van der Waals surface area contributed by atoms with Gasteiger partial charge < -0.3 is 9.80 Å². The van der Waals surface area contributed by atoms with Gasteiger partial charge in [0.05, 0.1) is 0 Å². The Morgan fingerprint density at radius 1 is 0.885 bits per heavy atom. The van der Waals surface area contributed by atoms with Gasteiger partial charge in [-0.1, -0.05) is 35.9 Å². The van der Waals surface area contributed by atoms with Crippen LogP contribution in [0.3, 0.4) is 0 Å². The Kier molecular flexibility index (Phi) is 5.28. The van der Waals surface area contributed by atoms with E-state index < -0.39 is 0 Å². The average Bonchev–Trinajstić information content (AvgIpc) is 3.34. The fraction of sp³-hybridized carbons (Fsp3) is 0.409. The van der Waals surface area contributed by atoms with Crippen LogP contribution in [0.15, 0.2) is 48.5 Å². The van der Waals surface area contributed by atoms with Gasteiger partial charge >= 0.3 is 0 Å². The molecule has 0 N–H and O–H groups in total. The van der Waals surface area contributed by atoms with Gasteiger partial charge in [-0.25, -0.2) is 0 Å². The lowest BCUT2D eigenvalue weighted by molar-refractivity contribution is 0.0709. The van der Waals surface area contributed by atoms with Crippen LogP contribution < -0.4 is 0 Å². The molecule has 0 saturated carbocycles. The molecule has 2 fully saturated rings. The van der Waals surface area contributed by atoms with Crippen molar-refractivity contribution in [3.05, 3.63) is 59.1 Å². The summed E-state index contributed by atoms with van der Waals surface area (Å²) in [7, 11) is 0. The van der Waals surface area contributed by atoms with E-state index in [1.807, 2.05) is 48.5 Å². The Morgan fingerprint density at radius 2 is 1.50 bits per heavy atom. The Bertz CT molecular complexity index is 751. The number of carbonyl (C=O) groups excluding carboxylic acids is 1. The maximum absolute atomic E-state index is 13.0. The molecule has 0 bridgehead atoms. The maximum atomic E-state index is 13.0. The van der Waals surface area contributed by atoms with Crippen LogP contribution in [0.5, 0.6) is 0 Å². The molecule has 0 aliphatic carbocycles. The topological polar surface area (TPSA) is 23.6 Å². The third-order valence-corrected chi connectivity index (χ3v) is 5.87. The predicted octanol–water partition coefficient (Wildman–Crippen LogP) is 4.71. The molecule has 2 saturated heterocycles. The highest BCUT2D eigenvalue weighted by Gasteiger charge is 2.31. The second-order valence-electron chi connectivity index (χ2n) is 7.39. The molecule has 4 rings (SSSR count). The van der Waals surface area contributed by atoms with Crippen LogP contribution >= 0.6 is 11.6 Å². The minimum absolute atomic E-state index is 0.175. The molecule has 1 atom stereocenters. The lowest BCUT2D eigenvalue weighted by Gasteiger charge is -2.28. The highest BCUT2D eigenvalue weighted by molar-refractivity contribution is 6.30. The summed E-state index contributed by atoms with van der Waals surface area (Å²) in [6, 6.07) is 16.1. The first kappa shape index (κ1) is 17.6. The van der Waals surface area contributed by atoms with Crippen molar-refractivity contribution in [1.82, 2.24) is 9.80 Å². The molecular weight excluding hydrogens is 344 g/mol. The number of carbonyl (C=O) groups is 1. The van der Waals surface area contributed by atoms with E-state index in [9.17, 15) is 4.79 Å². The number of amides is 1. The van der Waals surface area contributed by atoms with Gasteiger partial charge in [0.2, 0.25) is 0 Å². The highest BCUT2D eigenvalue weighted by atomic mass is 35.5. The van der Waals surface area contributed by atoms with E-state index in [-0.39, 0.29) is 5.91 Å². The normalized spacial score (nSPS) is 20.7. The van der Waals surface area contributed by atoms with E-state index in [0.717, 1.165) is 47.6 Å². The van der Waals surface area contributed by atoms with E-state index in [1.54, 1.807) is 0 Å². The van der Waals surface area contributed by atoms with Crippen LogP contribution in [-0.4, -0.2) is 47.9 Å². The van der Waals surface area contributed by atoms with Gasteiger partial charge in [0.1, 0.15) is 0 Å². The molecule has 1 amide bonds. The Balaban J connectivity index is 1.46. The fourth-order valence-corrected chi connectivity index (χ4v) is 4.30.